The van der Waals surface area contributed by atoms with Crippen molar-refractivity contribution in [3.8, 4) is 0 Å². The van der Waals surface area contributed by atoms with Crippen LogP contribution >= 0.6 is 0 Å². The van der Waals surface area contributed by atoms with E-state index in [-0.39, 0.29) is 0 Å². The third kappa shape index (κ3) is 5.12. The van der Waals surface area contributed by atoms with Gasteiger partial charge in [0.1, 0.15) is 0 Å². The molecule has 1 aromatic heterocycles. The molecule has 0 saturated carbocycles. The number of allylic oxidation sites excluding steroid dienone is 1. The Morgan fingerprint density at radius 1 is 1.44 bits per heavy atom. The lowest BCUT2D eigenvalue weighted by Crippen LogP contribution is -2.12. The molecule has 0 aliphatic heterocycles. The van der Waals surface area contributed by atoms with Gasteiger partial charge in [-0.15, -0.1) is 6.58 Å². The summed E-state index contributed by atoms with van der Waals surface area (Å²) < 4.78 is 2.04. The van der Waals surface area contributed by atoms with E-state index in [4.69, 9.17) is 0 Å². The number of hydrogen-bond acceptors (Lipinski definition) is 2. The summed E-state index contributed by atoms with van der Waals surface area (Å²) in [6.07, 6.45) is 8.90. The van der Waals surface area contributed by atoms with Crippen molar-refractivity contribution in [1.29, 1.82) is 0 Å². The van der Waals surface area contributed by atoms with Crippen molar-refractivity contribution < 1.29 is 0 Å². The van der Waals surface area contributed by atoms with Crippen LogP contribution in [0.4, 0.5) is 0 Å². The Labute approximate surface area is 98.5 Å². The second-order valence-corrected chi connectivity index (χ2v) is 3.99. The zero-order chi connectivity index (χ0) is 11.6. The van der Waals surface area contributed by atoms with Gasteiger partial charge < -0.3 is 5.32 Å². The van der Waals surface area contributed by atoms with E-state index in [1.54, 1.807) is 0 Å². The van der Waals surface area contributed by atoms with E-state index in [0.29, 0.717) is 0 Å². The summed E-state index contributed by atoms with van der Waals surface area (Å²) in [6.45, 7) is 8.73. The minimum Gasteiger partial charge on any atom is -0.311 e. The van der Waals surface area contributed by atoms with E-state index in [1.807, 2.05) is 10.8 Å². The summed E-state index contributed by atoms with van der Waals surface area (Å²) >= 11 is 0. The first-order valence-corrected chi connectivity index (χ1v) is 6.20. The molecular formula is C13H23N3. The molecule has 0 aromatic carbocycles. The highest BCUT2D eigenvalue weighted by molar-refractivity contribution is 4.98. The third-order valence-electron chi connectivity index (χ3n) is 2.55. The van der Waals surface area contributed by atoms with Gasteiger partial charge >= 0.3 is 0 Å². The smallest absolute Gasteiger partial charge is 0.0762 e. The Hall–Kier alpha value is -1.09. The van der Waals surface area contributed by atoms with Crippen molar-refractivity contribution in [2.45, 2.75) is 45.7 Å². The Bertz CT molecular complexity index is 291. The molecule has 0 aliphatic rings. The molecule has 3 nitrogen and oxygen atoms in total. The van der Waals surface area contributed by atoms with Crippen molar-refractivity contribution in [3.05, 3.63) is 30.6 Å². The minimum atomic E-state index is 0.875. The summed E-state index contributed by atoms with van der Waals surface area (Å²) in [5.74, 6) is 0. The molecule has 0 radical (unpaired) electrons. The number of aromatic nitrogens is 2. The lowest BCUT2D eigenvalue weighted by atomic mass is 10.2. The zero-order valence-corrected chi connectivity index (χ0v) is 10.3. The fraction of sp³-hybridized carbons (Fsp3) is 0.615. The summed E-state index contributed by atoms with van der Waals surface area (Å²) in [7, 11) is 0. The highest BCUT2D eigenvalue weighted by Gasteiger charge is 1.97. The summed E-state index contributed by atoms with van der Waals surface area (Å²) in [5.41, 5.74) is 1.13. The number of aryl methyl sites for hydroxylation is 1. The Morgan fingerprint density at radius 3 is 3.06 bits per heavy atom. The molecule has 0 amide bonds. The number of nitrogens with zero attached hydrogens (tertiary/aromatic N) is 2. The van der Waals surface area contributed by atoms with Gasteiger partial charge in [0.25, 0.3) is 0 Å². The van der Waals surface area contributed by atoms with E-state index in [2.05, 4.69) is 36.2 Å². The average Bonchev–Trinajstić information content (AvgIpc) is 2.74. The molecule has 1 N–H and O–H groups in total. The second-order valence-electron chi connectivity index (χ2n) is 3.99. The molecule has 0 unspecified atom stereocenters. The van der Waals surface area contributed by atoms with Crippen LogP contribution in [0.1, 0.15) is 38.3 Å². The van der Waals surface area contributed by atoms with Gasteiger partial charge in [-0.1, -0.05) is 19.4 Å². The van der Waals surface area contributed by atoms with Gasteiger partial charge in [0.15, 0.2) is 0 Å². The van der Waals surface area contributed by atoms with E-state index in [9.17, 15) is 0 Å². The van der Waals surface area contributed by atoms with Gasteiger partial charge in [-0.2, -0.15) is 5.10 Å². The number of hydrogen-bond donors (Lipinski definition) is 1. The minimum absolute atomic E-state index is 0.875. The van der Waals surface area contributed by atoms with Crippen LogP contribution in [0, 0.1) is 0 Å². The predicted octanol–water partition coefficient (Wildman–Crippen LogP) is 2.74. The summed E-state index contributed by atoms with van der Waals surface area (Å²) in [6, 6.07) is 2.09. The highest BCUT2D eigenvalue weighted by atomic mass is 15.3. The van der Waals surface area contributed by atoms with Crippen LogP contribution in [-0.2, 0) is 13.1 Å². The van der Waals surface area contributed by atoms with E-state index in [1.165, 1.54) is 19.3 Å². The Morgan fingerprint density at radius 2 is 2.31 bits per heavy atom. The predicted molar refractivity (Wildman–Crippen MR) is 68.3 cm³/mol. The van der Waals surface area contributed by atoms with E-state index >= 15 is 0 Å². The summed E-state index contributed by atoms with van der Waals surface area (Å²) in [5, 5.41) is 7.77. The second kappa shape index (κ2) is 8.11. The van der Waals surface area contributed by atoms with Crippen LogP contribution in [-0.4, -0.2) is 16.3 Å². The van der Waals surface area contributed by atoms with Crippen molar-refractivity contribution in [2.24, 2.45) is 0 Å². The van der Waals surface area contributed by atoms with Crippen molar-refractivity contribution in [2.75, 3.05) is 6.54 Å². The van der Waals surface area contributed by atoms with Crippen LogP contribution in [0.25, 0.3) is 0 Å². The molecule has 16 heavy (non-hydrogen) atoms. The van der Waals surface area contributed by atoms with Crippen LogP contribution in [0.15, 0.2) is 24.9 Å². The first-order valence-electron chi connectivity index (χ1n) is 6.20. The van der Waals surface area contributed by atoms with Crippen molar-refractivity contribution in [3.63, 3.8) is 0 Å². The molecule has 1 aromatic rings. The van der Waals surface area contributed by atoms with Crippen LogP contribution in [0.5, 0.6) is 0 Å². The Balaban J connectivity index is 2.16. The zero-order valence-electron chi connectivity index (χ0n) is 10.3. The average molecular weight is 221 g/mol. The molecule has 1 rings (SSSR count). The van der Waals surface area contributed by atoms with Crippen molar-refractivity contribution >= 4 is 0 Å². The number of rotatable bonds is 9. The molecule has 0 atom stereocenters. The van der Waals surface area contributed by atoms with Gasteiger partial charge in [0.05, 0.1) is 5.69 Å². The number of unbranched alkanes of at least 4 members (excludes halogenated alkanes) is 3. The van der Waals surface area contributed by atoms with Gasteiger partial charge in [-0.25, -0.2) is 0 Å². The maximum absolute atomic E-state index is 4.50. The molecule has 1 heterocycles. The van der Waals surface area contributed by atoms with Gasteiger partial charge in [-0.3, -0.25) is 4.68 Å². The molecule has 0 saturated heterocycles. The molecule has 0 bridgehead atoms. The van der Waals surface area contributed by atoms with Gasteiger partial charge in [0.2, 0.25) is 0 Å². The Kier molecular flexibility index (Phi) is 6.58. The fourth-order valence-electron chi connectivity index (χ4n) is 1.61. The topological polar surface area (TPSA) is 29.9 Å². The molecule has 0 aliphatic carbocycles. The molecule has 3 heteroatoms. The van der Waals surface area contributed by atoms with Crippen LogP contribution in [0.3, 0.4) is 0 Å². The number of nitrogens with one attached hydrogen (secondary N) is 1. The van der Waals surface area contributed by atoms with E-state index < -0.39 is 0 Å². The standard InChI is InChI=1S/C13H23N3/c1-3-5-6-7-8-10-16-11-9-13(15-16)12-14-4-2/h3,9,11,14H,1,4-8,10,12H2,2H3. The normalized spacial score (nSPS) is 10.6. The molecular weight excluding hydrogens is 198 g/mol. The van der Waals surface area contributed by atoms with Crippen LogP contribution < -0.4 is 5.32 Å². The maximum Gasteiger partial charge on any atom is 0.0762 e. The maximum atomic E-state index is 4.50. The third-order valence-corrected chi connectivity index (χ3v) is 2.55. The molecule has 0 spiro atoms. The lowest BCUT2D eigenvalue weighted by Gasteiger charge is -2.01. The first kappa shape index (κ1) is 13.0. The lowest BCUT2D eigenvalue weighted by molar-refractivity contribution is 0.538. The van der Waals surface area contributed by atoms with Gasteiger partial charge in [-0.05, 0) is 31.9 Å². The van der Waals surface area contributed by atoms with Gasteiger partial charge in [0, 0.05) is 19.3 Å². The van der Waals surface area contributed by atoms with Crippen molar-refractivity contribution in [1.82, 2.24) is 15.1 Å². The monoisotopic (exact) mass is 221 g/mol. The first-order chi connectivity index (χ1) is 7.86. The fourth-order valence-corrected chi connectivity index (χ4v) is 1.61. The SMILES string of the molecule is C=CCCCCCn1ccc(CNCC)n1. The van der Waals surface area contributed by atoms with E-state index in [0.717, 1.165) is 31.7 Å². The quantitative estimate of drug-likeness (QED) is 0.513. The molecule has 90 valence electrons. The largest absolute Gasteiger partial charge is 0.311 e. The molecule has 0 fully saturated rings. The van der Waals surface area contributed by atoms with Crippen LogP contribution in [0.2, 0.25) is 0 Å². The highest BCUT2D eigenvalue weighted by Crippen LogP contribution is 2.03. The summed E-state index contributed by atoms with van der Waals surface area (Å²) in [4.78, 5) is 0.